The van der Waals surface area contributed by atoms with Gasteiger partial charge in [0.05, 0.1) is 11.7 Å². The van der Waals surface area contributed by atoms with Crippen LogP contribution in [0.25, 0.3) is 0 Å². The Morgan fingerprint density at radius 3 is 2.96 bits per heavy atom. The Labute approximate surface area is 152 Å². The van der Waals surface area contributed by atoms with E-state index in [0.717, 1.165) is 32.2 Å². The van der Waals surface area contributed by atoms with E-state index in [1.807, 2.05) is 0 Å². The summed E-state index contributed by atoms with van der Waals surface area (Å²) >= 11 is 0. The first-order chi connectivity index (χ1) is 12.0. The molecule has 1 aromatic rings. The topological polar surface area (TPSA) is 40.7 Å². The van der Waals surface area contributed by atoms with Gasteiger partial charge in [0.25, 0.3) is 0 Å². The number of nitrogens with one attached hydrogen (secondary N) is 2. The van der Waals surface area contributed by atoms with Crippen molar-refractivity contribution in [2.24, 2.45) is 5.41 Å². The third-order valence-electron chi connectivity index (χ3n) is 6.03. The molecule has 2 aliphatic rings. The molecule has 2 N–H and O–H groups in total. The summed E-state index contributed by atoms with van der Waals surface area (Å²) in [7, 11) is 0. The Hall–Kier alpha value is -1.61. The third-order valence-corrected chi connectivity index (χ3v) is 6.03. The largest absolute Gasteiger partial charge is 0.304 e. The number of hydrogen-bond donors (Lipinski definition) is 2. The summed E-state index contributed by atoms with van der Waals surface area (Å²) in [5.41, 5.74) is 7.32. The molecule has 3 heteroatoms. The molecular formula is C22H33N3. The van der Waals surface area contributed by atoms with Crippen LogP contribution in [0.4, 0.5) is 0 Å². The van der Waals surface area contributed by atoms with Gasteiger partial charge in [-0.25, -0.2) is 0 Å². The summed E-state index contributed by atoms with van der Waals surface area (Å²) in [6.45, 7) is 10.1. The van der Waals surface area contributed by atoms with Crippen LogP contribution >= 0.6 is 0 Å². The highest BCUT2D eigenvalue weighted by atomic mass is 15.1. The predicted octanol–water partition coefficient (Wildman–Crippen LogP) is 5.19. The van der Waals surface area contributed by atoms with E-state index in [2.05, 4.69) is 62.4 Å². The number of rotatable bonds is 6. The second kappa shape index (κ2) is 7.74. The first kappa shape index (κ1) is 18.2. The van der Waals surface area contributed by atoms with Crippen molar-refractivity contribution >= 4 is 0 Å². The van der Waals surface area contributed by atoms with Gasteiger partial charge in [0.15, 0.2) is 0 Å². The summed E-state index contributed by atoms with van der Waals surface area (Å²) in [5.74, 6) is 0. The van der Waals surface area contributed by atoms with E-state index in [1.165, 1.54) is 40.9 Å². The number of aromatic amines is 1. The molecule has 25 heavy (non-hydrogen) atoms. The Bertz CT molecular complexity index is 692. The minimum Gasteiger partial charge on any atom is -0.304 e. The number of H-pyrrole nitrogens is 1. The highest BCUT2D eigenvalue weighted by Gasteiger charge is 2.32. The number of fused-ring (bicyclic) bond motifs is 1. The number of allylic oxidation sites excluding steroid dienone is 4. The maximum absolute atomic E-state index is 4.73. The molecule has 0 saturated heterocycles. The predicted molar refractivity (Wildman–Crippen MR) is 106 cm³/mol. The lowest BCUT2D eigenvalue weighted by Crippen LogP contribution is -2.27. The average Bonchev–Trinajstić information content (AvgIpc) is 2.89. The molecule has 1 aromatic heterocycles. The van der Waals surface area contributed by atoms with E-state index < -0.39 is 0 Å². The van der Waals surface area contributed by atoms with Gasteiger partial charge in [-0.1, -0.05) is 57.1 Å². The van der Waals surface area contributed by atoms with Gasteiger partial charge in [0.2, 0.25) is 0 Å². The Kier molecular flexibility index (Phi) is 5.63. The molecule has 136 valence electrons. The Morgan fingerprint density at radius 2 is 2.20 bits per heavy atom. The summed E-state index contributed by atoms with van der Waals surface area (Å²) < 4.78 is 0. The van der Waals surface area contributed by atoms with Crippen LogP contribution in [0.2, 0.25) is 0 Å². The molecule has 3 nitrogen and oxygen atoms in total. The molecule has 0 aliphatic heterocycles. The van der Waals surface area contributed by atoms with Crippen molar-refractivity contribution < 1.29 is 0 Å². The van der Waals surface area contributed by atoms with Crippen molar-refractivity contribution in [3.63, 3.8) is 0 Å². The lowest BCUT2D eigenvalue weighted by atomic mass is 9.73. The van der Waals surface area contributed by atoms with Gasteiger partial charge in [-0.05, 0) is 55.6 Å². The van der Waals surface area contributed by atoms with Crippen LogP contribution in [0, 0.1) is 5.41 Å². The third kappa shape index (κ3) is 4.14. The maximum atomic E-state index is 4.73. The first-order valence-electron chi connectivity index (χ1n) is 9.87. The van der Waals surface area contributed by atoms with E-state index in [4.69, 9.17) is 5.10 Å². The Balaban J connectivity index is 1.71. The van der Waals surface area contributed by atoms with Gasteiger partial charge < -0.3 is 5.32 Å². The van der Waals surface area contributed by atoms with Crippen molar-refractivity contribution in [2.75, 3.05) is 6.54 Å². The van der Waals surface area contributed by atoms with Crippen LogP contribution in [-0.4, -0.2) is 16.7 Å². The van der Waals surface area contributed by atoms with E-state index in [-0.39, 0.29) is 0 Å². The highest BCUT2D eigenvalue weighted by Crippen LogP contribution is 2.39. The summed E-state index contributed by atoms with van der Waals surface area (Å²) in [6.07, 6.45) is 15.9. The maximum Gasteiger partial charge on any atom is 0.0826 e. The van der Waals surface area contributed by atoms with Crippen LogP contribution in [0.1, 0.15) is 76.4 Å². The number of hydrogen-bond acceptors (Lipinski definition) is 2. The summed E-state index contributed by atoms with van der Waals surface area (Å²) in [4.78, 5) is 0. The summed E-state index contributed by atoms with van der Waals surface area (Å²) in [5, 5.41) is 11.8. The Morgan fingerprint density at radius 1 is 1.36 bits per heavy atom. The molecule has 0 radical (unpaired) electrons. The van der Waals surface area contributed by atoms with Crippen LogP contribution < -0.4 is 5.32 Å². The van der Waals surface area contributed by atoms with Crippen molar-refractivity contribution in [1.29, 1.82) is 0 Å². The first-order valence-corrected chi connectivity index (χ1v) is 9.87. The standard InChI is InChI=1S/C22H33N3/c1-5-19(23-15-17-10-8-7-9-16(3)13-17)21-18-11-12-22(4,6-2)14-20(18)24-25-21/h7-8,10,13,19,23H,5-6,9,11-12,14-15H2,1-4H3,(H,24,25). The van der Waals surface area contributed by atoms with E-state index >= 15 is 0 Å². The van der Waals surface area contributed by atoms with Gasteiger partial charge in [-0.15, -0.1) is 0 Å². The molecule has 0 amide bonds. The van der Waals surface area contributed by atoms with Gasteiger partial charge in [-0.2, -0.15) is 5.10 Å². The smallest absolute Gasteiger partial charge is 0.0826 e. The highest BCUT2D eigenvalue weighted by molar-refractivity contribution is 5.34. The quantitative estimate of drug-likeness (QED) is 0.749. The van der Waals surface area contributed by atoms with Crippen molar-refractivity contribution in [2.45, 2.75) is 72.3 Å². The molecule has 0 fully saturated rings. The van der Waals surface area contributed by atoms with Crippen molar-refractivity contribution in [1.82, 2.24) is 15.5 Å². The van der Waals surface area contributed by atoms with Gasteiger partial charge in [-0.3, -0.25) is 5.10 Å². The minimum atomic E-state index is 0.327. The van der Waals surface area contributed by atoms with Gasteiger partial charge >= 0.3 is 0 Å². The van der Waals surface area contributed by atoms with Crippen LogP contribution in [-0.2, 0) is 12.8 Å². The van der Waals surface area contributed by atoms with Crippen LogP contribution in [0.15, 0.2) is 35.5 Å². The monoisotopic (exact) mass is 339 g/mol. The van der Waals surface area contributed by atoms with Crippen LogP contribution in [0.3, 0.4) is 0 Å². The molecule has 0 bridgehead atoms. The molecular weight excluding hydrogens is 306 g/mol. The molecule has 2 aliphatic carbocycles. The second-order valence-electron chi connectivity index (χ2n) is 8.11. The second-order valence-corrected chi connectivity index (χ2v) is 8.11. The van der Waals surface area contributed by atoms with E-state index in [1.54, 1.807) is 0 Å². The fraction of sp³-hybridized carbons (Fsp3) is 0.591. The zero-order chi connectivity index (χ0) is 17.9. The number of aromatic nitrogens is 2. The molecule has 0 aromatic carbocycles. The molecule has 0 saturated carbocycles. The van der Waals surface area contributed by atoms with E-state index in [9.17, 15) is 0 Å². The average molecular weight is 340 g/mol. The fourth-order valence-electron chi connectivity index (χ4n) is 4.03. The molecule has 2 atom stereocenters. The molecule has 1 heterocycles. The SMILES string of the molecule is CCC(NCC1=CC=CCC(C)=C1)c1n[nH]c2c1CCC(C)(CC)C2. The fourth-order valence-corrected chi connectivity index (χ4v) is 4.03. The van der Waals surface area contributed by atoms with Crippen molar-refractivity contribution in [3.8, 4) is 0 Å². The number of nitrogens with zero attached hydrogens (tertiary/aromatic N) is 1. The van der Waals surface area contributed by atoms with Crippen molar-refractivity contribution in [3.05, 3.63) is 52.4 Å². The summed E-state index contributed by atoms with van der Waals surface area (Å²) in [6, 6.07) is 0.327. The molecule has 2 unspecified atom stereocenters. The van der Waals surface area contributed by atoms with Gasteiger partial charge in [0.1, 0.15) is 0 Å². The van der Waals surface area contributed by atoms with Gasteiger partial charge in [0, 0.05) is 12.2 Å². The minimum absolute atomic E-state index is 0.327. The zero-order valence-electron chi connectivity index (χ0n) is 16.3. The van der Waals surface area contributed by atoms with E-state index in [0.29, 0.717) is 11.5 Å². The zero-order valence-corrected chi connectivity index (χ0v) is 16.3. The normalized spacial score (nSPS) is 24.3. The molecule has 0 spiro atoms. The van der Waals surface area contributed by atoms with Crippen LogP contribution in [0.5, 0.6) is 0 Å². The molecule has 3 rings (SSSR count). The lowest BCUT2D eigenvalue weighted by Gasteiger charge is -2.32. The lowest BCUT2D eigenvalue weighted by molar-refractivity contribution is 0.264.